The molecule has 0 aliphatic heterocycles. The molecular formula is C6H13NO2S. The number of rotatable bonds is 3. The second-order valence-electron chi connectivity index (χ2n) is 2.54. The molecule has 1 amide bonds. The first-order valence-electron chi connectivity index (χ1n) is 3.10. The second kappa shape index (κ2) is 3.83. The van der Waals surface area contributed by atoms with E-state index in [9.17, 15) is 4.79 Å². The van der Waals surface area contributed by atoms with Gasteiger partial charge in [0.15, 0.2) is 0 Å². The predicted octanol–water partition coefficient (Wildman–Crippen LogP) is -0.197. The Morgan fingerprint density at radius 1 is 1.70 bits per heavy atom. The van der Waals surface area contributed by atoms with Gasteiger partial charge < -0.3 is 10.4 Å². The van der Waals surface area contributed by atoms with Crippen LogP contribution >= 0.6 is 12.6 Å². The highest BCUT2D eigenvalue weighted by molar-refractivity contribution is 7.82. The molecule has 0 unspecified atom stereocenters. The fraction of sp³-hybridized carbons (Fsp3) is 0.833. The van der Waals surface area contributed by atoms with Gasteiger partial charge in [0.25, 0.3) is 0 Å². The van der Waals surface area contributed by atoms with Crippen molar-refractivity contribution in [3.8, 4) is 0 Å². The number of hydrogen-bond donors (Lipinski definition) is 3. The molecule has 0 aliphatic carbocycles. The molecule has 2 N–H and O–H groups in total. The topological polar surface area (TPSA) is 49.3 Å². The standard InChI is InChI=1S/C6H13NO2S/c1-6(2,10)5(9)7-3-4-8/h8,10H,3-4H2,1-2H3,(H,7,9). The summed E-state index contributed by atoms with van der Waals surface area (Å²) in [5.41, 5.74) is 0. The van der Waals surface area contributed by atoms with Gasteiger partial charge in [0.2, 0.25) is 5.91 Å². The van der Waals surface area contributed by atoms with Gasteiger partial charge in [0.1, 0.15) is 0 Å². The molecule has 0 spiro atoms. The van der Waals surface area contributed by atoms with E-state index in [1.54, 1.807) is 13.8 Å². The second-order valence-corrected chi connectivity index (χ2v) is 3.66. The molecule has 4 heteroatoms. The van der Waals surface area contributed by atoms with Crippen molar-refractivity contribution in [2.45, 2.75) is 18.6 Å². The summed E-state index contributed by atoms with van der Waals surface area (Å²) in [7, 11) is 0. The van der Waals surface area contributed by atoms with E-state index in [0.29, 0.717) is 6.54 Å². The van der Waals surface area contributed by atoms with Crippen LogP contribution in [0.4, 0.5) is 0 Å². The largest absolute Gasteiger partial charge is 0.395 e. The Morgan fingerprint density at radius 2 is 2.20 bits per heavy atom. The third kappa shape index (κ3) is 3.74. The maximum Gasteiger partial charge on any atom is 0.235 e. The van der Waals surface area contributed by atoms with Gasteiger partial charge in [-0.25, -0.2) is 0 Å². The van der Waals surface area contributed by atoms with Crippen LogP contribution in [0.2, 0.25) is 0 Å². The highest BCUT2D eigenvalue weighted by atomic mass is 32.1. The van der Waals surface area contributed by atoms with E-state index in [1.807, 2.05) is 0 Å². The predicted molar refractivity (Wildman–Crippen MR) is 43.2 cm³/mol. The molecule has 0 aliphatic rings. The van der Waals surface area contributed by atoms with Crippen molar-refractivity contribution in [1.82, 2.24) is 5.32 Å². The molecule has 0 aromatic rings. The SMILES string of the molecule is CC(C)(S)C(=O)NCCO. The number of aliphatic hydroxyl groups excluding tert-OH is 1. The average molecular weight is 163 g/mol. The van der Waals surface area contributed by atoms with E-state index in [0.717, 1.165) is 0 Å². The summed E-state index contributed by atoms with van der Waals surface area (Å²) in [5.74, 6) is -0.162. The summed E-state index contributed by atoms with van der Waals surface area (Å²) >= 11 is 4.03. The minimum Gasteiger partial charge on any atom is -0.395 e. The molecule has 0 saturated carbocycles. The quantitative estimate of drug-likeness (QED) is 0.505. The zero-order valence-electron chi connectivity index (χ0n) is 6.22. The van der Waals surface area contributed by atoms with Crippen molar-refractivity contribution in [3.05, 3.63) is 0 Å². The van der Waals surface area contributed by atoms with Crippen molar-refractivity contribution < 1.29 is 9.90 Å². The highest BCUT2D eigenvalue weighted by Gasteiger charge is 2.21. The van der Waals surface area contributed by atoms with Crippen LogP contribution < -0.4 is 5.32 Å². The lowest BCUT2D eigenvalue weighted by atomic mass is 10.2. The summed E-state index contributed by atoms with van der Waals surface area (Å²) in [5, 5.41) is 10.8. The number of nitrogens with one attached hydrogen (secondary N) is 1. The van der Waals surface area contributed by atoms with Crippen LogP contribution in [-0.2, 0) is 4.79 Å². The van der Waals surface area contributed by atoms with Gasteiger partial charge in [-0.15, -0.1) is 0 Å². The fourth-order valence-electron chi connectivity index (χ4n) is 0.386. The Morgan fingerprint density at radius 3 is 2.50 bits per heavy atom. The lowest BCUT2D eigenvalue weighted by Crippen LogP contribution is -2.39. The van der Waals surface area contributed by atoms with Gasteiger partial charge in [0, 0.05) is 6.54 Å². The zero-order chi connectivity index (χ0) is 8.20. The van der Waals surface area contributed by atoms with E-state index in [2.05, 4.69) is 17.9 Å². The maximum atomic E-state index is 10.9. The number of carbonyl (C=O) groups excluding carboxylic acids is 1. The summed E-state index contributed by atoms with van der Waals surface area (Å²) in [6.07, 6.45) is 0. The Labute approximate surface area is 66.2 Å². The molecule has 0 aromatic heterocycles. The van der Waals surface area contributed by atoms with E-state index >= 15 is 0 Å². The monoisotopic (exact) mass is 163 g/mol. The molecule has 0 radical (unpaired) electrons. The molecule has 0 atom stereocenters. The van der Waals surface area contributed by atoms with E-state index in [-0.39, 0.29) is 12.5 Å². The number of amides is 1. The van der Waals surface area contributed by atoms with Crippen LogP contribution in [-0.4, -0.2) is 28.9 Å². The zero-order valence-corrected chi connectivity index (χ0v) is 7.11. The third-order valence-electron chi connectivity index (χ3n) is 0.953. The first kappa shape index (κ1) is 9.78. The first-order chi connectivity index (χ1) is 4.48. The number of thiol groups is 1. The lowest BCUT2D eigenvalue weighted by Gasteiger charge is -2.15. The molecule has 10 heavy (non-hydrogen) atoms. The number of hydrogen-bond acceptors (Lipinski definition) is 3. The van der Waals surface area contributed by atoms with E-state index in [1.165, 1.54) is 0 Å². The smallest absolute Gasteiger partial charge is 0.235 e. The van der Waals surface area contributed by atoms with E-state index < -0.39 is 4.75 Å². The molecule has 0 aromatic carbocycles. The van der Waals surface area contributed by atoms with Crippen molar-refractivity contribution in [2.75, 3.05) is 13.2 Å². The van der Waals surface area contributed by atoms with Crippen molar-refractivity contribution in [3.63, 3.8) is 0 Å². The average Bonchev–Trinajstić information content (AvgIpc) is 1.80. The molecule has 0 bridgehead atoms. The Bertz CT molecular complexity index is 119. The van der Waals surface area contributed by atoms with Crippen LogP contribution in [0.1, 0.15) is 13.8 Å². The van der Waals surface area contributed by atoms with Crippen LogP contribution in [0.5, 0.6) is 0 Å². The molecule has 0 fully saturated rings. The minimum absolute atomic E-state index is 0.0321. The summed E-state index contributed by atoms with van der Waals surface area (Å²) < 4.78 is -0.658. The van der Waals surface area contributed by atoms with Crippen LogP contribution in [0.25, 0.3) is 0 Å². The molecule has 3 nitrogen and oxygen atoms in total. The Hall–Kier alpha value is -0.220. The van der Waals surface area contributed by atoms with Crippen molar-refractivity contribution >= 4 is 18.5 Å². The Kier molecular flexibility index (Phi) is 3.75. The van der Waals surface area contributed by atoms with Gasteiger partial charge in [-0.2, -0.15) is 12.6 Å². The van der Waals surface area contributed by atoms with Gasteiger partial charge >= 0.3 is 0 Å². The molecule has 60 valence electrons. The van der Waals surface area contributed by atoms with Gasteiger partial charge in [-0.3, -0.25) is 4.79 Å². The van der Waals surface area contributed by atoms with Crippen LogP contribution in [0, 0.1) is 0 Å². The van der Waals surface area contributed by atoms with Crippen LogP contribution in [0.15, 0.2) is 0 Å². The first-order valence-corrected chi connectivity index (χ1v) is 3.54. The summed E-state index contributed by atoms with van der Waals surface area (Å²) in [6, 6.07) is 0. The van der Waals surface area contributed by atoms with Gasteiger partial charge in [-0.05, 0) is 13.8 Å². The van der Waals surface area contributed by atoms with Gasteiger partial charge in [0.05, 0.1) is 11.4 Å². The molecule has 0 heterocycles. The molecule has 0 rings (SSSR count). The summed E-state index contributed by atoms with van der Waals surface area (Å²) in [6.45, 7) is 3.66. The molecule has 0 saturated heterocycles. The van der Waals surface area contributed by atoms with Crippen molar-refractivity contribution in [2.24, 2.45) is 0 Å². The van der Waals surface area contributed by atoms with Crippen LogP contribution in [0.3, 0.4) is 0 Å². The highest BCUT2D eigenvalue weighted by Crippen LogP contribution is 2.10. The minimum atomic E-state index is -0.658. The number of carbonyl (C=O) groups is 1. The van der Waals surface area contributed by atoms with Crippen molar-refractivity contribution in [1.29, 1.82) is 0 Å². The maximum absolute atomic E-state index is 10.9. The summed E-state index contributed by atoms with van der Waals surface area (Å²) in [4.78, 5) is 10.9. The number of aliphatic hydroxyl groups is 1. The fourth-order valence-corrected chi connectivity index (χ4v) is 0.465. The normalized spacial score (nSPS) is 11.2. The van der Waals surface area contributed by atoms with Gasteiger partial charge in [-0.1, -0.05) is 0 Å². The van der Waals surface area contributed by atoms with E-state index in [4.69, 9.17) is 5.11 Å². The lowest BCUT2D eigenvalue weighted by molar-refractivity contribution is -0.122. The molecular weight excluding hydrogens is 150 g/mol. The Balaban J connectivity index is 3.64. The third-order valence-corrected chi connectivity index (χ3v) is 1.16.